The highest BCUT2D eigenvalue weighted by molar-refractivity contribution is 7.89. The van der Waals surface area contributed by atoms with Gasteiger partial charge in [0.1, 0.15) is 0 Å². The lowest BCUT2D eigenvalue weighted by atomic mass is 9.96. The van der Waals surface area contributed by atoms with Gasteiger partial charge in [-0.25, -0.2) is 12.7 Å². The van der Waals surface area contributed by atoms with Crippen LogP contribution in [0.25, 0.3) is 0 Å². The van der Waals surface area contributed by atoms with Crippen LogP contribution in [0.2, 0.25) is 0 Å². The van der Waals surface area contributed by atoms with Gasteiger partial charge in [-0.1, -0.05) is 13.8 Å². The first-order chi connectivity index (χ1) is 10.3. The standard InChI is InChI=1S/C16H30N2O3S/c1-4-22(20,21)17-10-8-14(9-11-17)16(19)18(15-5-6-15)12-7-13(2)3/h13-15H,4-12H2,1-3H3. The number of amides is 1. The van der Waals surface area contributed by atoms with Crippen LogP contribution < -0.4 is 0 Å². The molecule has 1 aliphatic heterocycles. The quantitative estimate of drug-likeness (QED) is 0.718. The first-order valence-corrected chi connectivity index (χ1v) is 10.2. The average molecular weight is 330 g/mol. The van der Waals surface area contributed by atoms with E-state index in [1.807, 2.05) is 0 Å². The molecule has 1 heterocycles. The first kappa shape index (κ1) is 17.7. The fourth-order valence-electron chi connectivity index (χ4n) is 3.05. The van der Waals surface area contributed by atoms with E-state index in [0.717, 1.165) is 25.8 Å². The Morgan fingerprint density at radius 1 is 1.18 bits per heavy atom. The average Bonchev–Trinajstić information content (AvgIpc) is 3.32. The van der Waals surface area contributed by atoms with E-state index in [2.05, 4.69) is 18.7 Å². The van der Waals surface area contributed by atoms with E-state index in [1.54, 1.807) is 11.2 Å². The Bertz CT molecular complexity index is 478. The van der Waals surface area contributed by atoms with Crippen molar-refractivity contribution in [1.82, 2.24) is 9.21 Å². The van der Waals surface area contributed by atoms with Crippen LogP contribution in [0, 0.1) is 11.8 Å². The van der Waals surface area contributed by atoms with E-state index >= 15 is 0 Å². The maximum Gasteiger partial charge on any atom is 0.226 e. The van der Waals surface area contributed by atoms with Crippen molar-refractivity contribution in [2.45, 2.75) is 58.9 Å². The number of piperidine rings is 1. The Labute approximate surface area is 135 Å². The van der Waals surface area contributed by atoms with Gasteiger partial charge < -0.3 is 4.90 Å². The van der Waals surface area contributed by atoms with E-state index in [9.17, 15) is 13.2 Å². The third-order valence-electron chi connectivity index (χ3n) is 4.78. The summed E-state index contributed by atoms with van der Waals surface area (Å²) in [5.74, 6) is 1.02. The molecule has 5 nitrogen and oxygen atoms in total. The van der Waals surface area contributed by atoms with Gasteiger partial charge in [-0.2, -0.15) is 0 Å². The summed E-state index contributed by atoms with van der Waals surface area (Å²) in [7, 11) is -3.11. The van der Waals surface area contributed by atoms with E-state index < -0.39 is 10.0 Å². The maximum atomic E-state index is 12.8. The monoisotopic (exact) mass is 330 g/mol. The van der Waals surface area contributed by atoms with Gasteiger partial charge in [-0.3, -0.25) is 4.79 Å². The predicted octanol–water partition coefficient (Wildman–Crippen LogP) is 2.09. The molecule has 6 heteroatoms. The van der Waals surface area contributed by atoms with Crippen molar-refractivity contribution in [3.8, 4) is 0 Å². The van der Waals surface area contributed by atoms with Crippen LogP contribution in [0.15, 0.2) is 0 Å². The van der Waals surface area contributed by atoms with Gasteiger partial charge in [0.2, 0.25) is 15.9 Å². The summed E-state index contributed by atoms with van der Waals surface area (Å²) in [6.07, 6.45) is 4.65. The number of carbonyl (C=O) groups is 1. The van der Waals surface area contributed by atoms with Crippen LogP contribution in [0.3, 0.4) is 0 Å². The molecule has 2 rings (SSSR count). The third-order valence-corrected chi connectivity index (χ3v) is 6.66. The number of rotatable bonds is 7. The van der Waals surface area contributed by atoms with Crippen LogP contribution in [0.1, 0.15) is 52.9 Å². The van der Waals surface area contributed by atoms with Crippen LogP contribution in [-0.2, 0) is 14.8 Å². The normalized spacial score (nSPS) is 21.3. The highest BCUT2D eigenvalue weighted by Gasteiger charge is 2.37. The van der Waals surface area contributed by atoms with Gasteiger partial charge >= 0.3 is 0 Å². The van der Waals surface area contributed by atoms with Crippen LogP contribution in [-0.4, -0.2) is 55.0 Å². The van der Waals surface area contributed by atoms with Gasteiger partial charge in [-0.05, 0) is 44.9 Å². The summed E-state index contributed by atoms with van der Waals surface area (Å²) in [6.45, 7) is 7.89. The lowest BCUT2D eigenvalue weighted by molar-refractivity contribution is -0.137. The zero-order chi connectivity index (χ0) is 16.3. The number of carbonyl (C=O) groups excluding carboxylic acids is 1. The predicted molar refractivity (Wildman–Crippen MR) is 87.9 cm³/mol. The Morgan fingerprint density at radius 2 is 1.77 bits per heavy atom. The van der Waals surface area contributed by atoms with Crippen molar-refractivity contribution in [3.05, 3.63) is 0 Å². The minimum absolute atomic E-state index is 0.0102. The molecule has 0 unspecified atom stereocenters. The fourth-order valence-corrected chi connectivity index (χ4v) is 4.19. The molecule has 0 aromatic carbocycles. The second-order valence-corrected chi connectivity index (χ2v) is 9.28. The van der Waals surface area contributed by atoms with Gasteiger partial charge in [0.25, 0.3) is 0 Å². The molecule has 1 saturated heterocycles. The Kier molecular flexibility index (Phi) is 5.88. The molecule has 2 aliphatic rings. The lowest BCUT2D eigenvalue weighted by Crippen LogP contribution is -2.45. The van der Waals surface area contributed by atoms with Crippen molar-refractivity contribution in [2.75, 3.05) is 25.4 Å². The van der Waals surface area contributed by atoms with Crippen molar-refractivity contribution < 1.29 is 13.2 Å². The molecule has 0 bridgehead atoms. The Balaban J connectivity index is 1.90. The van der Waals surface area contributed by atoms with Gasteiger partial charge in [0, 0.05) is 31.6 Å². The Hall–Kier alpha value is -0.620. The minimum atomic E-state index is -3.11. The maximum absolute atomic E-state index is 12.8. The molecule has 0 spiro atoms. The van der Waals surface area contributed by atoms with Crippen LogP contribution in [0.4, 0.5) is 0 Å². The largest absolute Gasteiger partial charge is 0.339 e. The van der Waals surface area contributed by atoms with Crippen LogP contribution >= 0.6 is 0 Å². The van der Waals surface area contributed by atoms with Crippen molar-refractivity contribution in [3.63, 3.8) is 0 Å². The molecule has 0 aromatic rings. The zero-order valence-electron chi connectivity index (χ0n) is 14.1. The van der Waals surface area contributed by atoms with E-state index in [1.165, 1.54) is 0 Å². The third kappa shape index (κ3) is 4.44. The van der Waals surface area contributed by atoms with E-state index in [-0.39, 0.29) is 17.6 Å². The summed E-state index contributed by atoms with van der Waals surface area (Å²) in [4.78, 5) is 14.9. The summed E-state index contributed by atoms with van der Waals surface area (Å²) >= 11 is 0. The van der Waals surface area contributed by atoms with E-state index in [4.69, 9.17) is 0 Å². The van der Waals surface area contributed by atoms with Crippen LogP contribution in [0.5, 0.6) is 0 Å². The second kappa shape index (κ2) is 7.30. The molecule has 1 aliphatic carbocycles. The van der Waals surface area contributed by atoms with Gasteiger partial charge in [0.05, 0.1) is 5.75 Å². The Morgan fingerprint density at radius 3 is 2.23 bits per heavy atom. The van der Waals surface area contributed by atoms with Crippen molar-refractivity contribution >= 4 is 15.9 Å². The molecule has 128 valence electrons. The molecule has 0 atom stereocenters. The number of nitrogens with zero attached hydrogens (tertiary/aromatic N) is 2. The fraction of sp³-hybridized carbons (Fsp3) is 0.938. The number of hydrogen-bond donors (Lipinski definition) is 0. The molecule has 0 radical (unpaired) electrons. The molecule has 2 fully saturated rings. The zero-order valence-corrected chi connectivity index (χ0v) is 14.9. The lowest BCUT2D eigenvalue weighted by Gasteiger charge is -2.34. The molecule has 0 N–H and O–H groups in total. The first-order valence-electron chi connectivity index (χ1n) is 8.63. The summed E-state index contributed by atoms with van der Waals surface area (Å²) in [5, 5.41) is 0. The van der Waals surface area contributed by atoms with Gasteiger partial charge in [-0.15, -0.1) is 0 Å². The molecule has 22 heavy (non-hydrogen) atoms. The van der Waals surface area contributed by atoms with Crippen molar-refractivity contribution in [1.29, 1.82) is 0 Å². The molecular weight excluding hydrogens is 300 g/mol. The highest BCUT2D eigenvalue weighted by Crippen LogP contribution is 2.31. The molecule has 0 aromatic heterocycles. The number of sulfonamides is 1. The molecule has 1 amide bonds. The topological polar surface area (TPSA) is 57.7 Å². The molecule has 1 saturated carbocycles. The smallest absolute Gasteiger partial charge is 0.226 e. The second-order valence-electron chi connectivity index (χ2n) is 7.02. The highest BCUT2D eigenvalue weighted by atomic mass is 32.2. The number of hydrogen-bond acceptors (Lipinski definition) is 3. The molecular formula is C16H30N2O3S. The summed E-state index contributed by atoms with van der Waals surface area (Å²) in [5.41, 5.74) is 0. The SMILES string of the molecule is CCS(=O)(=O)N1CCC(C(=O)N(CCC(C)C)C2CC2)CC1. The van der Waals surface area contributed by atoms with E-state index in [0.29, 0.717) is 37.9 Å². The van der Waals surface area contributed by atoms with Gasteiger partial charge in [0.15, 0.2) is 0 Å². The summed E-state index contributed by atoms with van der Waals surface area (Å²) < 4.78 is 25.3. The minimum Gasteiger partial charge on any atom is -0.339 e. The van der Waals surface area contributed by atoms with Crippen molar-refractivity contribution in [2.24, 2.45) is 11.8 Å². The summed E-state index contributed by atoms with van der Waals surface area (Å²) in [6, 6.07) is 0.448.